The molecule has 1 heterocycles. The standard InChI is InChI=1S/C14H20Cl2N2/c1-9(2)7-8-11-17-13(15)12(14(16)18-11)10-5-3-4-6-10/h9-10H,3-8H2,1-2H3. The molecule has 0 N–H and O–H groups in total. The van der Waals surface area contributed by atoms with E-state index in [0.717, 1.165) is 37.1 Å². The highest BCUT2D eigenvalue weighted by molar-refractivity contribution is 6.34. The van der Waals surface area contributed by atoms with E-state index in [2.05, 4.69) is 23.8 Å². The predicted octanol–water partition coefficient (Wildman–Crippen LogP) is 5.03. The Bertz CT molecular complexity index is 389. The number of halogens is 2. The van der Waals surface area contributed by atoms with Gasteiger partial charge in [-0.05, 0) is 31.1 Å². The Hall–Kier alpha value is -0.340. The molecule has 4 heteroatoms. The zero-order valence-corrected chi connectivity index (χ0v) is 12.6. The Labute approximate surface area is 119 Å². The molecule has 0 spiro atoms. The summed E-state index contributed by atoms with van der Waals surface area (Å²) in [6.45, 7) is 4.38. The summed E-state index contributed by atoms with van der Waals surface area (Å²) in [7, 11) is 0. The van der Waals surface area contributed by atoms with Crippen LogP contribution in [-0.2, 0) is 6.42 Å². The summed E-state index contributed by atoms with van der Waals surface area (Å²) in [6.07, 6.45) is 6.75. The molecule has 0 saturated heterocycles. The van der Waals surface area contributed by atoms with E-state index in [1.165, 1.54) is 12.8 Å². The van der Waals surface area contributed by atoms with Gasteiger partial charge in [0.15, 0.2) is 0 Å². The van der Waals surface area contributed by atoms with Crippen LogP contribution in [0.4, 0.5) is 0 Å². The van der Waals surface area contributed by atoms with Crippen molar-refractivity contribution in [1.82, 2.24) is 9.97 Å². The molecule has 0 bridgehead atoms. The van der Waals surface area contributed by atoms with Gasteiger partial charge in [0.25, 0.3) is 0 Å². The fourth-order valence-corrected chi connectivity index (χ4v) is 3.27. The van der Waals surface area contributed by atoms with Crippen LogP contribution in [0.3, 0.4) is 0 Å². The van der Waals surface area contributed by atoms with Gasteiger partial charge in [0, 0.05) is 12.0 Å². The lowest BCUT2D eigenvalue weighted by Gasteiger charge is -2.14. The Morgan fingerprint density at radius 3 is 2.17 bits per heavy atom. The lowest BCUT2D eigenvalue weighted by Crippen LogP contribution is -2.05. The van der Waals surface area contributed by atoms with E-state index < -0.39 is 0 Å². The van der Waals surface area contributed by atoms with Gasteiger partial charge in [-0.2, -0.15) is 0 Å². The molecule has 1 aromatic rings. The maximum absolute atomic E-state index is 6.29. The molecule has 1 aliphatic carbocycles. The van der Waals surface area contributed by atoms with Crippen LogP contribution in [0.1, 0.15) is 63.3 Å². The Morgan fingerprint density at radius 2 is 1.67 bits per heavy atom. The number of hydrogen-bond acceptors (Lipinski definition) is 2. The Balaban J connectivity index is 2.18. The molecule has 2 rings (SSSR count). The van der Waals surface area contributed by atoms with Gasteiger partial charge in [0.05, 0.1) is 0 Å². The molecule has 1 aliphatic rings. The second-order valence-corrected chi connectivity index (χ2v) is 6.27. The minimum atomic E-state index is 0.462. The molecule has 0 atom stereocenters. The monoisotopic (exact) mass is 286 g/mol. The molecule has 0 aliphatic heterocycles. The summed E-state index contributed by atoms with van der Waals surface area (Å²) in [6, 6.07) is 0. The average molecular weight is 287 g/mol. The van der Waals surface area contributed by atoms with E-state index in [1.807, 2.05) is 0 Å². The van der Waals surface area contributed by atoms with Gasteiger partial charge in [-0.1, -0.05) is 49.9 Å². The maximum atomic E-state index is 6.29. The summed E-state index contributed by atoms with van der Waals surface area (Å²) in [5, 5.41) is 1.14. The van der Waals surface area contributed by atoms with Crippen molar-refractivity contribution in [2.75, 3.05) is 0 Å². The highest BCUT2D eigenvalue weighted by atomic mass is 35.5. The normalized spacial score (nSPS) is 16.7. The number of nitrogens with zero attached hydrogens (tertiary/aromatic N) is 2. The van der Waals surface area contributed by atoms with Gasteiger partial charge in [-0.15, -0.1) is 0 Å². The van der Waals surface area contributed by atoms with Crippen molar-refractivity contribution in [2.45, 2.75) is 58.3 Å². The molecular weight excluding hydrogens is 267 g/mol. The summed E-state index contributed by atoms with van der Waals surface area (Å²) in [5.41, 5.74) is 0.976. The van der Waals surface area contributed by atoms with Crippen LogP contribution >= 0.6 is 23.2 Å². The molecule has 18 heavy (non-hydrogen) atoms. The first-order valence-corrected chi connectivity index (χ1v) is 7.55. The zero-order chi connectivity index (χ0) is 13.1. The van der Waals surface area contributed by atoms with Crippen LogP contribution in [0.15, 0.2) is 0 Å². The van der Waals surface area contributed by atoms with Crippen LogP contribution in [0.2, 0.25) is 10.3 Å². The molecular formula is C14H20Cl2N2. The first-order valence-electron chi connectivity index (χ1n) is 6.79. The fourth-order valence-electron chi connectivity index (χ4n) is 2.54. The number of hydrogen-bond donors (Lipinski definition) is 0. The second kappa shape index (κ2) is 6.21. The molecule has 0 aromatic carbocycles. The molecule has 1 saturated carbocycles. The van der Waals surface area contributed by atoms with Crippen LogP contribution < -0.4 is 0 Å². The minimum absolute atomic E-state index is 0.462. The van der Waals surface area contributed by atoms with Crippen LogP contribution in [0, 0.1) is 5.92 Å². The predicted molar refractivity (Wildman–Crippen MR) is 76.4 cm³/mol. The van der Waals surface area contributed by atoms with Crippen LogP contribution in [-0.4, -0.2) is 9.97 Å². The Kier molecular flexibility index (Phi) is 4.85. The van der Waals surface area contributed by atoms with Crippen molar-refractivity contribution in [3.8, 4) is 0 Å². The third-order valence-corrected chi connectivity index (χ3v) is 4.18. The number of rotatable bonds is 4. The van der Waals surface area contributed by atoms with E-state index in [4.69, 9.17) is 23.2 Å². The van der Waals surface area contributed by atoms with Crippen molar-refractivity contribution >= 4 is 23.2 Å². The van der Waals surface area contributed by atoms with Gasteiger partial charge in [-0.25, -0.2) is 9.97 Å². The largest absolute Gasteiger partial charge is 0.221 e. The maximum Gasteiger partial charge on any atom is 0.137 e. The van der Waals surface area contributed by atoms with Crippen molar-refractivity contribution in [3.63, 3.8) is 0 Å². The van der Waals surface area contributed by atoms with Gasteiger partial charge in [0.1, 0.15) is 16.1 Å². The molecule has 2 nitrogen and oxygen atoms in total. The number of aromatic nitrogens is 2. The van der Waals surface area contributed by atoms with E-state index in [1.54, 1.807) is 0 Å². The highest BCUT2D eigenvalue weighted by Gasteiger charge is 2.24. The molecule has 0 amide bonds. The van der Waals surface area contributed by atoms with E-state index in [-0.39, 0.29) is 0 Å². The second-order valence-electron chi connectivity index (χ2n) is 5.55. The Morgan fingerprint density at radius 1 is 1.11 bits per heavy atom. The summed E-state index contributed by atoms with van der Waals surface area (Å²) in [5.74, 6) is 1.88. The van der Waals surface area contributed by atoms with E-state index in [0.29, 0.717) is 22.1 Å². The molecule has 1 aromatic heterocycles. The fraction of sp³-hybridized carbons (Fsp3) is 0.714. The third-order valence-electron chi connectivity index (χ3n) is 3.61. The van der Waals surface area contributed by atoms with Crippen molar-refractivity contribution in [3.05, 3.63) is 21.7 Å². The molecule has 0 radical (unpaired) electrons. The van der Waals surface area contributed by atoms with Gasteiger partial charge in [-0.3, -0.25) is 0 Å². The molecule has 1 fully saturated rings. The quantitative estimate of drug-likeness (QED) is 0.726. The van der Waals surface area contributed by atoms with Crippen LogP contribution in [0.5, 0.6) is 0 Å². The van der Waals surface area contributed by atoms with Crippen LogP contribution in [0.25, 0.3) is 0 Å². The summed E-state index contributed by atoms with van der Waals surface area (Å²) in [4.78, 5) is 8.84. The van der Waals surface area contributed by atoms with E-state index >= 15 is 0 Å². The van der Waals surface area contributed by atoms with Crippen molar-refractivity contribution in [1.29, 1.82) is 0 Å². The highest BCUT2D eigenvalue weighted by Crippen LogP contribution is 2.39. The summed E-state index contributed by atoms with van der Waals surface area (Å²) < 4.78 is 0. The SMILES string of the molecule is CC(C)CCc1nc(Cl)c(C2CCCC2)c(Cl)n1. The lowest BCUT2D eigenvalue weighted by molar-refractivity contribution is 0.573. The van der Waals surface area contributed by atoms with Crippen molar-refractivity contribution in [2.24, 2.45) is 5.92 Å². The van der Waals surface area contributed by atoms with Gasteiger partial charge in [0.2, 0.25) is 0 Å². The zero-order valence-electron chi connectivity index (χ0n) is 11.0. The molecule has 0 unspecified atom stereocenters. The average Bonchev–Trinajstić information content (AvgIpc) is 2.79. The van der Waals surface area contributed by atoms with Gasteiger partial charge < -0.3 is 0 Å². The summed E-state index contributed by atoms with van der Waals surface area (Å²) >= 11 is 12.6. The topological polar surface area (TPSA) is 25.8 Å². The number of aryl methyl sites for hydroxylation is 1. The first-order chi connectivity index (χ1) is 8.58. The lowest BCUT2D eigenvalue weighted by atomic mass is 10.0. The smallest absolute Gasteiger partial charge is 0.137 e. The molecule has 100 valence electrons. The third kappa shape index (κ3) is 3.36. The minimum Gasteiger partial charge on any atom is -0.221 e. The van der Waals surface area contributed by atoms with Crippen molar-refractivity contribution < 1.29 is 0 Å². The first kappa shape index (κ1) is 14.1. The van der Waals surface area contributed by atoms with Gasteiger partial charge >= 0.3 is 0 Å². The van der Waals surface area contributed by atoms with E-state index in [9.17, 15) is 0 Å².